The molecule has 1 aliphatic rings. The minimum absolute atomic E-state index is 0.0439. The van der Waals surface area contributed by atoms with Crippen LogP contribution in [0.15, 0.2) is 66.7 Å². The predicted octanol–water partition coefficient (Wildman–Crippen LogP) is 5.60. The number of benzene rings is 3. The topological polar surface area (TPSA) is 77.0 Å². The Morgan fingerprint density at radius 3 is 2.46 bits per heavy atom. The number of anilines is 1. The Hall–Kier alpha value is -4.11. The zero-order valence-corrected chi connectivity index (χ0v) is 23.2. The molecule has 39 heavy (non-hydrogen) atoms. The SMILES string of the molecule is CCOc1ccccc1N1CCN(C(=O)c2ccc(OC)c(Oc3nc(Cc4ccc(C)cc4)ns3)c2)CC1. The van der Waals surface area contributed by atoms with E-state index in [0.29, 0.717) is 54.2 Å². The fourth-order valence-electron chi connectivity index (χ4n) is 4.55. The number of hydrogen-bond acceptors (Lipinski definition) is 8. The molecule has 1 saturated heterocycles. The van der Waals surface area contributed by atoms with E-state index < -0.39 is 0 Å². The quantitative estimate of drug-likeness (QED) is 0.271. The standard InChI is InChI=1S/C30H32N4O4S/c1-4-37-25-8-6-5-7-24(25)33-15-17-34(18-16-33)29(35)23-13-14-26(36-3)27(20-23)38-30-31-28(32-39-30)19-22-11-9-21(2)10-12-22/h5-14,20H,4,15-19H2,1-3H3. The molecule has 0 saturated carbocycles. The molecule has 3 aromatic carbocycles. The summed E-state index contributed by atoms with van der Waals surface area (Å²) in [6.07, 6.45) is 0.622. The summed E-state index contributed by atoms with van der Waals surface area (Å²) >= 11 is 1.18. The van der Waals surface area contributed by atoms with E-state index in [1.54, 1.807) is 25.3 Å². The van der Waals surface area contributed by atoms with Crippen molar-refractivity contribution in [2.24, 2.45) is 0 Å². The fraction of sp³-hybridized carbons (Fsp3) is 0.300. The molecule has 0 bridgehead atoms. The average molecular weight is 545 g/mol. The van der Waals surface area contributed by atoms with Gasteiger partial charge in [-0.3, -0.25) is 4.79 Å². The maximum Gasteiger partial charge on any atom is 0.298 e. The van der Waals surface area contributed by atoms with Crippen LogP contribution in [0.3, 0.4) is 0 Å². The van der Waals surface area contributed by atoms with Crippen LogP contribution in [0.2, 0.25) is 0 Å². The predicted molar refractivity (Wildman–Crippen MR) is 153 cm³/mol. The van der Waals surface area contributed by atoms with Crippen molar-refractivity contribution in [1.29, 1.82) is 0 Å². The van der Waals surface area contributed by atoms with E-state index in [1.165, 1.54) is 17.1 Å². The number of aromatic nitrogens is 2. The molecule has 1 aromatic heterocycles. The fourth-order valence-corrected chi connectivity index (χ4v) is 5.11. The van der Waals surface area contributed by atoms with Crippen molar-refractivity contribution in [1.82, 2.24) is 14.3 Å². The van der Waals surface area contributed by atoms with E-state index in [9.17, 15) is 4.79 Å². The summed E-state index contributed by atoms with van der Waals surface area (Å²) in [4.78, 5) is 22.1. The van der Waals surface area contributed by atoms with Crippen LogP contribution in [-0.2, 0) is 6.42 Å². The van der Waals surface area contributed by atoms with Crippen LogP contribution in [0.5, 0.6) is 22.4 Å². The summed E-state index contributed by atoms with van der Waals surface area (Å²) in [7, 11) is 1.58. The van der Waals surface area contributed by atoms with Crippen LogP contribution >= 0.6 is 11.5 Å². The van der Waals surface area contributed by atoms with E-state index in [1.807, 2.05) is 30.0 Å². The summed E-state index contributed by atoms with van der Waals surface area (Å²) in [6, 6.07) is 21.6. The third-order valence-electron chi connectivity index (χ3n) is 6.61. The number of carbonyl (C=O) groups is 1. The number of rotatable bonds is 9. The van der Waals surface area contributed by atoms with Crippen molar-refractivity contribution in [3.8, 4) is 22.4 Å². The Bertz CT molecular complexity index is 1410. The number of nitrogens with zero attached hydrogens (tertiary/aromatic N) is 4. The lowest BCUT2D eigenvalue weighted by molar-refractivity contribution is 0.0746. The zero-order valence-electron chi connectivity index (χ0n) is 22.4. The number of aryl methyl sites for hydroxylation is 1. The molecular formula is C30H32N4O4S. The van der Waals surface area contributed by atoms with E-state index in [2.05, 4.69) is 51.5 Å². The Balaban J connectivity index is 1.25. The Labute approximate surface area is 232 Å². The normalized spacial score (nSPS) is 13.3. The highest BCUT2D eigenvalue weighted by Gasteiger charge is 2.25. The average Bonchev–Trinajstić information content (AvgIpc) is 3.41. The van der Waals surface area contributed by atoms with Gasteiger partial charge in [0.2, 0.25) is 0 Å². The van der Waals surface area contributed by atoms with Gasteiger partial charge in [-0.15, -0.1) is 0 Å². The third-order valence-corrected chi connectivity index (χ3v) is 7.25. The smallest absolute Gasteiger partial charge is 0.298 e. The van der Waals surface area contributed by atoms with Gasteiger partial charge in [-0.05, 0) is 49.7 Å². The molecule has 5 rings (SSSR count). The Kier molecular flexibility index (Phi) is 8.27. The van der Waals surface area contributed by atoms with Gasteiger partial charge in [-0.2, -0.15) is 9.36 Å². The van der Waals surface area contributed by atoms with Gasteiger partial charge in [0.05, 0.1) is 19.4 Å². The molecule has 1 amide bonds. The van der Waals surface area contributed by atoms with Gasteiger partial charge in [0.1, 0.15) is 5.75 Å². The first-order valence-electron chi connectivity index (χ1n) is 13.0. The largest absolute Gasteiger partial charge is 0.493 e. The maximum absolute atomic E-state index is 13.4. The summed E-state index contributed by atoms with van der Waals surface area (Å²) in [5.41, 5.74) is 3.95. The van der Waals surface area contributed by atoms with Crippen LogP contribution < -0.4 is 19.1 Å². The molecule has 9 heteroatoms. The molecule has 0 aliphatic carbocycles. The second-order valence-corrected chi connectivity index (χ2v) is 10.0. The lowest BCUT2D eigenvalue weighted by Crippen LogP contribution is -2.48. The van der Waals surface area contributed by atoms with Crippen molar-refractivity contribution in [3.63, 3.8) is 0 Å². The van der Waals surface area contributed by atoms with E-state index >= 15 is 0 Å². The highest BCUT2D eigenvalue weighted by molar-refractivity contribution is 7.07. The van der Waals surface area contributed by atoms with Gasteiger partial charge in [-0.25, -0.2) is 0 Å². The number of para-hydroxylation sites is 2. The van der Waals surface area contributed by atoms with Gasteiger partial charge >= 0.3 is 0 Å². The van der Waals surface area contributed by atoms with Crippen LogP contribution in [0.1, 0.15) is 34.2 Å². The number of methoxy groups -OCH3 is 1. The van der Waals surface area contributed by atoms with Crippen LogP contribution in [0.4, 0.5) is 5.69 Å². The molecule has 202 valence electrons. The zero-order chi connectivity index (χ0) is 27.2. The molecule has 0 unspecified atom stereocenters. The first-order chi connectivity index (χ1) is 19.0. The maximum atomic E-state index is 13.4. The van der Waals surface area contributed by atoms with Crippen LogP contribution in [0.25, 0.3) is 0 Å². The second kappa shape index (κ2) is 12.2. The van der Waals surface area contributed by atoms with Gasteiger partial charge in [0, 0.05) is 49.7 Å². The molecule has 0 N–H and O–H groups in total. The highest BCUT2D eigenvalue weighted by Crippen LogP contribution is 2.34. The van der Waals surface area contributed by atoms with Crippen molar-refractivity contribution < 1.29 is 19.0 Å². The first kappa shape index (κ1) is 26.5. The molecule has 4 aromatic rings. The summed E-state index contributed by atoms with van der Waals surface area (Å²) in [5, 5.41) is 0.404. The molecule has 2 heterocycles. The molecular weight excluding hydrogens is 512 g/mol. The Morgan fingerprint density at radius 1 is 0.949 bits per heavy atom. The number of amides is 1. The molecule has 1 fully saturated rings. The summed E-state index contributed by atoms with van der Waals surface area (Å²) in [5.74, 6) is 2.48. The van der Waals surface area contributed by atoms with Gasteiger partial charge in [0.15, 0.2) is 17.3 Å². The van der Waals surface area contributed by atoms with Crippen LogP contribution in [0, 0.1) is 6.92 Å². The number of piperazine rings is 1. The lowest BCUT2D eigenvalue weighted by Gasteiger charge is -2.36. The molecule has 1 aliphatic heterocycles. The number of carbonyl (C=O) groups excluding carboxylic acids is 1. The number of hydrogen-bond donors (Lipinski definition) is 0. The number of ether oxygens (including phenoxy) is 3. The van der Waals surface area contributed by atoms with Crippen LogP contribution in [-0.4, -0.2) is 60.1 Å². The van der Waals surface area contributed by atoms with Crippen molar-refractivity contribution in [2.75, 3.05) is 44.8 Å². The van der Waals surface area contributed by atoms with Gasteiger partial charge in [-0.1, -0.05) is 42.0 Å². The third kappa shape index (κ3) is 6.31. The van der Waals surface area contributed by atoms with Gasteiger partial charge in [0.25, 0.3) is 11.1 Å². The van der Waals surface area contributed by atoms with Crippen molar-refractivity contribution in [2.45, 2.75) is 20.3 Å². The highest BCUT2D eigenvalue weighted by atomic mass is 32.1. The second-order valence-electron chi connectivity index (χ2n) is 9.29. The van der Waals surface area contributed by atoms with Crippen molar-refractivity contribution >= 4 is 23.1 Å². The van der Waals surface area contributed by atoms with Crippen molar-refractivity contribution in [3.05, 3.63) is 89.2 Å². The molecule has 8 nitrogen and oxygen atoms in total. The molecule has 0 spiro atoms. The monoisotopic (exact) mass is 544 g/mol. The Morgan fingerprint density at radius 2 is 1.72 bits per heavy atom. The summed E-state index contributed by atoms with van der Waals surface area (Å²) in [6.45, 7) is 7.33. The minimum Gasteiger partial charge on any atom is -0.493 e. The minimum atomic E-state index is -0.0439. The lowest BCUT2D eigenvalue weighted by atomic mass is 10.1. The summed E-state index contributed by atoms with van der Waals surface area (Å²) < 4.78 is 21.8. The van der Waals surface area contributed by atoms with E-state index in [0.717, 1.165) is 30.1 Å². The molecule has 0 radical (unpaired) electrons. The molecule has 0 atom stereocenters. The van der Waals surface area contributed by atoms with Gasteiger partial charge < -0.3 is 24.0 Å². The first-order valence-corrected chi connectivity index (χ1v) is 13.8. The van der Waals surface area contributed by atoms with E-state index in [4.69, 9.17) is 14.2 Å². The van der Waals surface area contributed by atoms with E-state index in [-0.39, 0.29) is 5.91 Å².